The molecule has 3 aromatic heterocycles. The highest BCUT2D eigenvalue weighted by Gasteiger charge is 2.25. The van der Waals surface area contributed by atoms with Crippen LogP contribution in [0.25, 0.3) is 33.3 Å². The number of aromatic amines is 1. The van der Waals surface area contributed by atoms with E-state index in [0.29, 0.717) is 17.4 Å². The fraction of sp³-hybridized carbons (Fsp3) is 0.469. The van der Waals surface area contributed by atoms with Gasteiger partial charge in [-0.25, -0.2) is 9.97 Å². The first-order chi connectivity index (χ1) is 19.0. The van der Waals surface area contributed by atoms with Gasteiger partial charge in [0.1, 0.15) is 6.33 Å². The molecule has 7 nitrogen and oxygen atoms in total. The maximum Gasteiger partial charge on any atom is 0.258 e. The second-order valence-corrected chi connectivity index (χ2v) is 11.7. The summed E-state index contributed by atoms with van der Waals surface area (Å²) < 4.78 is 7.21. The van der Waals surface area contributed by atoms with Crippen molar-refractivity contribution in [2.24, 2.45) is 13.0 Å². The van der Waals surface area contributed by atoms with Gasteiger partial charge in [0.25, 0.3) is 5.56 Å². The number of piperidine rings is 1. The molecule has 0 bridgehead atoms. The molecular formula is C32H39N5O2. The van der Waals surface area contributed by atoms with E-state index < -0.39 is 0 Å². The van der Waals surface area contributed by atoms with Crippen molar-refractivity contribution in [3.8, 4) is 22.4 Å². The van der Waals surface area contributed by atoms with E-state index in [1.165, 1.54) is 68.2 Å². The molecule has 2 aliphatic rings. The summed E-state index contributed by atoms with van der Waals surface area (Å²) in [6.07, 6.45) is 11.7. The van der Waals surface area contributed by atoms with Crippen LogP contribution in [-0.2, 0) is 11.8 Å². The number of ether oxygens (including phenoxy) is 1. The van der Waals surface area contributed by atoms with Crippen LogP contribution in [0.3, 0.4) is 0 Å². The van der Waals surface area contributed by atoms with E-state index in [1.54, 1.807) is 17.0 Å². The van der Waals surface area contributed by atoms with Gasteiger partial charge in [-0.3, -0.25) is 4.79 Å². The summed E-state index contributed by atoms with van der Waals surface area (Å²) in [5.41, 5.74) is 7.26. The first-order valence-electron chi connectivity index (χ1n) is 14.4. The monoisotopic (exact) mass is 525 g/mol. The molecule has 1 N–H and O–H groups in total. The fourth-order valence-electron chi connectivity index (χ4n) is 6.55. The van der Waals surface area contributed by atoms with Crippen molar-refractivity contribution in [2.75, 3.05) is 32.8 Å². The molecular weight excluding hydrogens is 486 g/mol. The molecule has 0 atom stereocenters. The molecule has 2 fully saturated rings. The van der Waals surface area contributed by atoms with Crippen LogP contribution in [0.15, 0.2) is 54.0 Å². The average molecular weight is 526 g/mol. The van der Waals surface area contributed by atoms with Gasteiger partial charge in [0, 0.05) is 67.4 Å². The van der Waals surface area contributed by atoms with E-state index in [9.17, 15) is 4.79 Å². The van der Waals surface area contributed by atoms with Gasteiger partial charge < -0.3 is 19.2 Å². The lowest BCUT2D eigenvalue weighted by atomic mass is 9.87. The summed E-state index contributed by atoms with van der Waals surface area (Å²) in [7, 11) is 1.81. The topological polar surface area (TPSA) is 76.0 Å². The lowest BCUT2D eigenvalue weighted by Gasteiger charge is -2.35. The van der Waals surface area contributed by atoms with E-state index in [-0.39, 0.29) is 5.56 Å². The van der Waals surface area contributed by atoms with Crippen LogP contribution >= 0.6 is 0 Å². The molecule has 0 aliphatic carbocycles. The second kappa shape index (κ2) is 11.1. The van der Waals surface area contributed by atoms with Crippen LogP contribution in [-0.4, -0.2) is 57.3 Å². The summed E-state index contributed by atoms with van der Waals surface area (Å²) in [4.78, 5) is 27.6. The molecule has 4 aromatic rings. The maximum absolute atomic E-state index is 13.0. The molecule has 5 heterocycles. The quantitative estimate of drug-likeness (QED) is 0.348. The number of aryl methyl sites for hydroxylation is 1. The molecule has 0 spiro atoms. The minimum Gasteiger partial charge on any atom is -0.381 e. The van der Waals surface area contributed by atoms with Crippen molar-refractivity contribution in [1.29, 1.82) is 0 Å². The van der Waals surface area contributed by atoms with E-state index in [0.717, 1.165) is 41.5 Å². The van der Waals surface area contributed by atoms with Gasteiger partial charge in [0.2, 0.25) is 0 Å². The number of hydrogen-bond acceptors (Lipinski definition) is 5. The Morgan fingerprint density at radius 3 is 2.49 bits per heavy atom. The predicted octanol–water partition coefficient (Wildman–Crippen LogP) is 5.72. The highest BCUT2D eigenvalue weighted by Crippen LogP contribution is 2.39. The molecule has 2 saturated heterocycles. The summed E-state index contributed by atoms with van der Waals surface area (Å²) >= 11 is 0. The summed E-state index contributed by atoms with van der Waals surface area (Å²) in [5.74, 6) is 1.72. The molecule has 7 heteroatoms. The minimum absolute atomic E-state index is 0.0544. The molecule has 39 heavy (non-hydrogen) atoms. The summed E-state index contributed by atoms with van der Waals surface area (Å²) in [6.45, 7) is 9.95. The Hall–Kier alpha value is -3.29. The van der Waals surface area contributed by atoms with Gasteiger partial charge in [0.05, 0.1) is 11.3 Å². The van der Waals surface area contributed by atoms with Gasteiger partial charge in [-0.15, -0.1) is 0 Å². The Morgan fingerprint density at radius 2 is 1.77 bits per heavy atom. The van der Waals surface area contributed by atoms with Crippen molar-refractivity contribution in [1.82, 2.24) is 24.4 Å². The van der Waals surface area contributed by atoms with Crippen molar-refractivity contribution in [2.45, 2.75) is 51.4 Å². The van der Waals surface area contributed by atoms with Gasteiger partial charge in [-0.05, 0) is 85.9 Å². The van der Waals surface area contributed by atoms with Crippen LogP contribution < -0.4 is 5.56 Å². The maximum atomic E-state index is 13.0. The SMILES string of the molecule is CC(C)c1c(-c2cc(-c3cncnc3)c(=O)n(C)c2)[nH]c2ccc(C3CCN(CC4CCOCC4)CC3)cc12. The molecule has 2 aliphatic heterocycles. The van der Waals surface area contributed by atoms with E-state index >= 15 is 0 Å². The Kier molecular flexibility index (Phi) is 7.36. The normalized spacial score (nSPS) is 17.8. The van der Waals surface area contributed by atoms with Gasteiger partial charge in [-0.1, -0.05) is 19.9 Å². The van der Waals surface area contributed by atoms with Crippen LogP contribution in [0, 0.1) is 5.92 Å². The van der Waals surface area contributed by atoms with E-state index in [2.05, 4.69) is 51.9 Å². The lowest BCUT2D eigenvalue weighted by Crippen LogP contribution is -2.38. The van der Waals surface area contributed by atoms with Crippen molar-refractivity contribution in [3.05, 3.63) is 70.7 Å². The Bertz CT molecular complexity index is 1490. The van der Waals surface area contributed by atoms with Crippen LogP contribution in [0.5, 0.6) is 0 Å². The number of hydrogen-bond donors (Lipinski definition) is 1. The van der Waals surface area contributed by atoms with E-state index in [1.807, 2.05) is 19.3 Å². The summed E-state index contributed by atoms with van der Waals surface area (Å²) in [5, 5.41) is 1.29. The first kappa shape index (κ1) is 26.0. The highest BCUT2D eigenvalue weighted by molar-refractivity contribution is 5.92. The Morgan fingerprint density at radius 1 is 1.03 bits per heavy atom. The molecule has 6 rings (SSSR count). The number of H-pyrrole nitrogens is 1. The summed E-state index contributed by atoms with van der Waals surface area (Å²) in [6, 6.07) is 8.98. The number of nitrogens with zero attached hydrogens (tertiary/aromatic N) is 4. The number of nitrogens with one attached hydrogen (secondary N) is 1. The van der Waals surface area contributed by atoms with Crippen molar-refractivity contribution in [3.63, 3.8) is 0 Å². The van der Waals surface area contributed by atoms with E-state index in [4.69, 9.17) is 4.74 Å². The molecule has 0 radical (unpaired) electrons. The molecule has 0 amide bonds. The standard InChI is InChI=1S/C32H39N5O2/c1-21(2)30-28-14-24(23-6-10-37(11-7-23)18-22-8-12-39-13-9-22)4-5-29(28)35-31(30)25-15-27(32(38)36(3)19-25)26-16-33-20-34-17-26/h4-5,14-17,19-23,35H,6-13,18H2,1-3H3. The number of benzene rings is 1. The fourth-order valence-corrected chi connectivity index (χ4v) is 6.55. The number of pyridine rings is 1. The van der Waals surface area contributed by atoms with Crippen LogP contribution in [0.4, 0.5) is 0 Å². The number of rotatable bonds is 6. The molecule has 1 aromatic carbocycles. The third kappa shape index (κ3) is 5.30. The largest absolute Gasteiger partial charge is 0.381 e. The predicted molar refractivity (Wildman–Crippen MR) is 156 cm³/mol. The average Bonchev–Trinajstić information content (AvgIpc) is 3.35. The smallest absolute Gasteiger partial charge is 0.258 e. The third-order valence-corrected chi connectivity index (χ3v) is 8.70. The van der Waals surface area contributed by atoms with Crippen LogP contribution in [0.1, 0.15) is 62.5 Å². The number of likely N-dealkylation sites (tertiary alicyclic amines) is 1. The number of fused-ring (bicyclic) bond motifs is 1. The zero-order valence-corrected chi connectivity index (χ0v) is 23.3. The van der Waals surface area contributed by atoms with Gasteiger partial charge in [0.15, 0.2) is 0 Å². The van der Waals surface area contributed by atoms with Gasteiger partial charge >= 0.3 is 0 Å². The lowest BCUT2D eigenvalue weighted by molar-refractivity contribution is 0.0488. The highest BCUT2D eigenvalue weighted by atomic mass is 16.5. The zero-order valence-electron chi connectivity index (χ0n) is 23.3. The Labute approximate surface area is 230 Å². The molecule has 0 unspecified atom stereocenters. The van der Waals surface area contributed by atoms with Gasteiger partial charge in [-0.2, -0.15) is 0 Å². The van der Waals surface area contributed by atoms with Crippen molar-refractivity contribution >= 4 is 10.9 Å². The Balaban J connectivity index is 1.30. The molecule has 0 saturated carbocycles. The van der Waals surface area contributed by atoms with Crippen LogP contribution in [0.2, 0.25) is 0 Å². The van der Waals surface area contributed by atoms with Crippen molar-refractivity contribution < 1.29 is 4.74 Å². The zero-order chi connectivity index (χ0) is 26.9. The number of aromatic nitrogens is 4. The molecule has 204 valence electrons. The second-order valence-electron chi connectivity index (χ2n) is 11.7. The minimum atomic E-state index is -0.0544. The first-order valence-corrected chi connectivity index (χ1v) is 14.4. The third-order valence-electron chi connectivity index (χ3n) is 8.70.